The minimum Gasteiger partial charge on any atom is -0.324 e. The number of hydrogen-bond acceptors (Lipinski definition) is 3. The van der Waals surface area contributed by atoms with Crippen molar-refractivity contribution >= 4 is 46.4 Å². The first-order valence-electron chi connectivity index (χ1n) is 8.43. The van der Waals surface area contributed by atoms with Crippen LogP contribution in [0.5, 0.6) is 0 Å². The molecular formula is C19H20Cl3N3O. The molecule has 4 nitrogen and oxygen atoms in total. The van der Waals surface area contributed by atoms with E-state index in [1.807, 2.05) is 12.1 Å². The molecule has 0 aromatic heterocycles. The van der Waals surface area contributed by atoms with Gasteiger partial charge >= 0.3 is 0 Å². The van der Waals surface area contributed by atoms with Gasteiger partial charge < -0.3 is 5.32 Å². The number of nitrogens with one attached hydrogen (secondary N) is 1. The second kappa shape index (κ2) is 9.07. The lowest BCUT2D eigenvalue weighted by molar-refractivity contribution is -0.117. The van der Waals surface area contributed by atoms with Gasteiger partial charge in [-0.1, -0.05) is 46.9 Å². The second-order valence-corrected chi connectivity index (χ2v) is 7.63. The third-order valence-corrected chi connectivity index (χ3v) is 5.17. The smallest absolute Gasteiger partial charge is 0.238 e. The fourth-order valence-electron chi connectivity index (χ4n) is 2.94. The molecule has 26 heavy (non-hydrogen) atoms. The van der Waals surface area contributed by atoms with Gasteiger partial charge in [-0.25, -0.2) is 0 Å². The largest absolute Gasteiger partial charge is 0.324 e. The van der Waals surface area contributed by atoms with E-state index in [2.05, 4.69) is 27.2 Å². The number of benzene rings is 2. The van der Waals surface area contributed by atoms with Gasteiger partial charge in [0, 0.05) is 42.8 Å². The molecule has 2 aromatic rings. The van der Waals surface area contributed by atoms with E-state index in [0.29, 0.717) is 22.3 Å². The maximum absolute atomic E-state index is 12.3. The normalized spacial score (nSPS) is 15.8. The minimum atomic E-state index is -0.0830. The summed E-state index contributed by atoms with van der Waals surface area (Å²) >= 11 is 18.0. The summed E-state index contributed by atoms with van der Waals surface area (Å²) in [4.78, 5) is 16.8. The van der Waals surface area contributed by atoms with Crippen LogP contribution in [0.15, 0.2) is 42.5 Å². The van der Waals surface area contributed by atoms with E-state index >= 15 is 0 Å². The number of carbonyl (C=O) groups is 1. The van der Waals surface area contributed by atoms with Crippen molar-refractivity contribution in [1.29, 1.82) is 0 Å². The highest BCUT2D eigenvalue weighted by Crippen LogP contribution is 2.25. The Balaban J connectivity index is 1.45. The summed E-state index contributed by atoms with van der Waals surface area (Å²) in [5.74, 6) is -0.0830. The topological polar surface area (TPSA) is 35.6 Å². The van der Waals surface area contributed by atoms with Crippen molar-refractivity contribution < 1.29 is 4.79 Å². The SMILES string of the molecule is O=C(CN1CCN(Cc2ccc(Cl)cc2)CC1)Nc1cc(Cl)ccc1Cl. The first-order chi connectivity index (χ1) is 12.5. The average molecular weight is 413 g/mol. The van der Waals surface area contributed by atoms with Gasteiger partial charge in [-0.3, -0.25) is 14.6 Å². The Hall–Kier alpha value is -1.30. The molecule has 1 amide bonds. The van der Waals surface area contributed by atoms with Crippen molar-refractivity contribution in [2.45, 2.75) is 6.54 Å². The highest BCUT2D eigenvalue weighted by Gasteiger charge is 2.19. The summed E-state index contributed by atoms with van der Waals surface area (Å²) in [6, 6.07) is 13.0. The van der Waals surface area contributed by atoms with Crippen molar-refractivity contribution in [3.05, 3.63) is 63.1 Å². The summed E-state index contributed by atoms with van der Waals surface area (Å²) in [6.45, 7) is 4.79. The fourth-order valence-corrected chi connectivity index (χ4v) is 3.40. The molecule has 1 N–H and O–H groups in total. The maximum atomic E-state index is 12.3. The summed E-state index contributed by atoms with van der Waals surface area (Å²) in [5.41, 5.74) is 1.79. The van der Waals surface area contributed by atoms with Gasteiger partial charge in [0.25, 0.3) is 0 Å². The highest BCUT2D eigenvalue weighted by molar-refractivity contribution is 6.35. The number of halogens is 3. The first kappa shape index (κ1) is 19.5. The van der Waals surface area contributed by atoms with Gasteiger partial charge in [0.15, 0.2) is 0 Å². The Morgan fingerprint density at radius 3 is 2.19 bits per heavy atom. The van der Waals surface area contributed by atoms with Crippen LogP contribution in [0.25, 0.3) is 0 Å². The van der Waals surface area contributed by atoms with Gasteiger partial charge in [0.1, 0.15) is 0 Å². The van der Waals surface area contributed by atoms with Crippen molar-refractivity contribution in [3.63, 3.8) is 0 Å². The second-order valence-electron chi connectivity index (χ2n) is 6.35. The molecule has 0 unspecified atom stereocenters. The van der Waals surface area contributed by atoms with Crippen LogP contribution < -0.4 is 5.32 Å². The quantitative estimate of drug-likeness (QED) is 0.790. The Morgan fingerprint density at radius 1 is 0.885 bits per heavy atom. The van der Waals surface area contributed by atoms with E-state index < -0.39 is 0 Å². The first-order valence-corrected chi connectivity index (χ1v) is 9.57. The standard InChI is InChI=1S/C19H20Cl3N3O/c20-15-3-1-14(2-4-15)12-24-7-9-25(10-8-24)13-19(26)23-18-11-16(21)5-6-17(18)22/h1-6,11H,7-10,12-13H2,(H,23,26). The molecule has 0 bridgehead atoms. The van der Waals surface area contributed by atoms with Crippen molar-refractivity contribution in [2.24, 2.45) is 0 Å². The third kappa shape index (κ3) is 5.60. The molecule has 1 heterocycles. The zero-order chi connectivity index (χ0) is 18.5. The Bertz CT molecular complexity index is 759. The molecule has 1 fully saturated rings. The van der Waals surface area contributed by atoms with E-state index in [9.17, 15) is 4.79 Å². The Labute approximate surface area is 168 Å². The third-order valence-electron chi connectivity index (χ3n) is 4.35. The number of nitrogens with zero attached hydrogens (tertiary/aromatic N) is 2. The molecule has 0 saturated carbocycles. The predicted octanol–water partition coefficient (Wildman–Crippen LogP) is 4.40. The number of hydrogen-bond donors (Lipinski definition) is 1. The van der Waals surface area contributed by atoms with Gasteiger partial charge in [-0.05, 0) is 35.9 Å². The van der Waals surface area contributed by atoms with Crippen LogP contribution in [0.3, 0.4) is 0 Å². The van der Waals surface area contributed by atoms with Crippen LogP contribution in [-0.4, -0.2) is 48.4 Å². The molecule has 1 saturated heterocycles. The van der Waals surface area contributed by atoms with Crippen molar-refractivity contribution in [2.75, 3.05) is 38.0 Å². The molecule has 0 atom stereocenters. The monoisotopic (exact) mass is 411 g/mol. The van der Waals surface area contributed by atoms with E-state index in [4.69, 9.17) is 34.8 Å². The number of piperazine rings is 1. The Kier molecular flexibility index (Phi) is 6.79. The van der Waals surface area contributed by atoms with E-state index in [1.54, 1.807) is 18.2 Å². The van der Waals surface area contributed by atoms with Gasteiger partial charge in [0.2, 0.25) is 5.91 Å². The summed E-state index contributed by atoms with van der Waals surface area (Å²) < 4.78 is 0. The average Bonchev–Trinajstić information content (AvgIpc) is 2.62. The molecule has 7 heteroatoms. The summed E-state index contributed by atoms with van der Waals surface area (Å²) in [5, 5.41) is 4.61. The number of rotatable bonds is 5. The zero-order valence-corrected chi connectivity index (χ0v) is 16.5. The molecule has 0 aliphatic carbocycles. The molecule has 2 aromatic carbocycles. The molecule has 1 aliphatic heterocycles. The zero-order valence-electron chi connectivity index (χ0n) is 14.2. The molecule has 138 valence electrons. The predicted molar refractivity (Wildman–Crippen MR) is 108 cm³/mol. The van der Waals surface area contributed by atoms with Crippen molar-refractivity contribution in [1.82, 2.24) is 9.80 Å². The van der Waals surface area contributed by atoms with Crippen LogP contribution in [0.2, 0.25) is 15.1 Å². The molecule has 0 spiro atoms. The molecule has 1 aliphatic rings. The van der Waals surface area contributed by atoms with Gasteiger partial charge in [-0.15, -0.1) is 0 Å². The number of anilines is 1. The van der Waals surface area contributed by atoms with Crippen LogP contribution in [0, 0.1) is 0 Å². The molecule has 0 radical (unpaired) electrons. The highest BCUT2D eigenvalue weighted by atomic mass is 35.5. The van der Waals surface area contributed by atoms with E-state index in [0.717, 1.165) is 37.7 Å². The van der Waals surface area contributed by atoms with Crippen LogP contribution >= 0.6 is 34.8 Å². The molecular weight excluding hydrogens is 393 g/mol. The van der Waals surface area contributed by atoms with Gasteiger partial charge in [-0.2, -0.15) is 0 Å². The lowest BCUT2D eigenvalue weighted by Crippen LogP contribution is -2.48. The Morgan fingerprint density at radius 2 is 1.50 bits per heavy atom. The minimum absolute atomic E-state index is 0.0830. The summed E-state index contributed by atoms with van der Waals surface area (Å²) in [7, 11) is 0. The number of amides is 1. The van der Waals surface area contributed by atoms with Crippen molar-refractivity contribution in [3.8, 4) is 0 Å². The van der Waals surface area contributed by atoms with E-state index in [1.165, 1.54) is 5.56 Å². The summed E-state index contributed by atoms with van der Waals surface area (Å²) in [6.07, 6.45) is 0. The molecule has 3 rings (SSSR count). The van der Waals surface area contributed by atoms with E-state index in [-0.39, 0.29) is 5.91 Å². The lowest BCUT2D eigenvalue weighted by atomic mass is 10.2. The lowest BCUT2D eigenvalue weighted by Gasteiger charge is -2.34. The van der Waals surface area contributed by atoms with Crippen LogP contribution in [0.1, 0.15) is 5.56 Å². The number of carbonyl (C=O) groups excluding carboxylic acids is 1. The van der Waals surface area contributed by atoms with Crippen LogP contribution in [0.4, 0.5) is 5.69 Å². The maximum Gasteiger partial charge on any atom is 0.238 e. The van der Waals surface area contributed by atoms with Crippen LogP contribution in [-0.2, 0) is 11.3 Å². The fraction of sp³-hybridized carbons (Fsp3) is 0.316. The van der Waals surface area contributed by atoms with Gasteiger partial charge in [0.05, 0.1) is 17.3 Å².